The molecule has 0 saturated heterocycles. The summed E-state index contributed by atoms with van der Waals surface area (Å²) in [6.07, 6.45) is 0. The molecule has 0 fully saturated rings. The number of amides is 2. The number of benzene rings is 1. The monoisotopic (exact) mass is 180 g/mol. The third-order valence-electron chi connectivity index (χ3n) is 1.40. The lowest BCUT2D eigenvalue weighted by molar-refractivity contribution is 0.0697. The highest BCUT2D eigenvalue weighted by atomic mass is 16.4. The summed E-state index contributed by atoms with van der Waals surface area (Å²) in [7, 11) is 0. The number of nitrogens with one attached hydrogen (secondary N) is 1. The van der Waals surface area contributed by atoms with Crippen LogP contribution in [0.25, 0.3) is 0 Å². The van der Waals surface area contributed by atoms with E-state index in [1.54, 1.807) is 0 Å². The van der Waals surface area contributed by atoms with E-state index in [-0.39, 0.29) is 5.56 Å². The molecule has 1 aromatic carbocycles. The van der Waals surface area contributed by atoms with Gasteiger partial charge in [-0.2, -0.15) is 0 Å². The lowest BCUT2D eigenvalue weighted by Gasteiger charge is -2.00. The number of urea groups is 1. The average Bonchev–Trinajstić information content (AvgIpc) is 2.04. The highest BCUT2D eigenvalue weighted by Gasteiger charge is 2.01. The quantitative estimate of drug-likeness (QED) is 0.630. The van der Waals surface area contributed by atoms with Gasteiger partial charge >= 0.3 is 12.0 Å². The van der Waals surface area contributed by atoms with E-state index in [9.17, 15) is 9.59 Å². The predicted molar refractivity (Wildman–Crippen MR) is 46.6 cm³/mol. The van der Waals surface area contributed by atoms with E-state index in [1.165, 1.54) is 24.3 Å². The van der Waals surface area contributed by atoms with Crippen molar-refractivity contribution in [1.82, 2.24) is 0 Å². The zero-order valence-electron chi connectivity index (χ0n) is 6.65. The molecule has 0 heterocycles. The second-order valence-electron chi connectivity index (χ2n) is 2.37. The van der Waals surface area contributed by atoms with Gasteiger partial charge in [0, 0.05) is 5.69 Å². The summed E-state index contributed by atoms with van der Waals surface area (Å²) in [5.41, 5.74) is 5.49. The smallest absolute Gasteiger partial charge is 0.335 e. The van der Waals surface area contributed by atoms with Crippen molar-refractivity contribution in [2.24, 2.45) is 5.73 Å². The van der Waals surface area contributed by atoms with Crippen LogP contribution in [0.4, 0.5) is 10.5 Å². The Morgan fingerprint density at radius 2 is 1.77 bits per heavy atom. The van der Waals surface area contributed by atoms with Crippen LogP contribution < -0.4 is 11.1 Å². The number of hydrogen-bond donors (Lipinski definition) is 3. The van der Waals surface area contributed by atoms with Crippen LogP contribution in [0.15, 0.2) is 24.3 Å². The minimum absolute atomic E-state index is 0.162. The number of primary amides is 1. The van der Waals surface area contributed by atoms with E-state index in [0.717, 1.165) is 0 Å². The number of carboxylic acid groups (broad SMARTS) is 1. The molecule has 0 unspecified atom stereocenters. The van der Waals surface area contributed by atoms with E-state index in [0.29, 0.717) is 5.69 Å². The Labute approximate surface area is 74.2 Å². The van der Waals surface area contributed by atoms with Crippen molar-refractivity contribution in [1.29, 1.82) is 0 Å². The molecule has 0 bridgehead atoms. The fourth-order valence-electron chi connectivity index (χ4n) is 0.838. The Kier molecular flexibility index (Phi) is 2.49. The topological polar surface area (TPSA) is 92.4 Å². The Bertz CT molecular complexity index is 332. The van der Waals surface area contributed by atoms with Crippen LogP contribution in [0.3, 0.4) is 0 Å². The molecule has 1 aromatic rings. The normalized spacial score (nSPS) is 9.23. The zero-order valence-corrected chi connectivity index (χ0v) is 6.65. The molecule has 2 amide bonds. The van der Waals surface area contributed by atoms with Crippen molar-refractivity contribution in [2.45, 2.75) is 0 Å². The number of carboxylic acids is 1. The summed E-state index contributed by atoms with van der Waals surface area (Å²) < 4.78 is 0. The van der Waals surface area contributed by atoms with Crippen LogP contribution >= 0.6 is 0 Å². The lowest BCUT2D eigenvalue weighted by Crippen LogP contribution is -2.19. The molecule has 0 aliphatic rings. The third kappa shape index (κ3) is 2.48. The summed E-state index contributed by atoms with van der Waals surface area (Å²) in [5, 5.41) is 10.9. The van der Waals surface area contributed by atoms with Crippen molar-refractivity contribution in [2.75, 3.05) is 5.32 Å². The first-order valence-electron chi connectivity index (χ1n) is 3.49. The van der Waals surface area contributed by atoms with Crippen LogP contribution in [0.5, 0.6) is 0 Å². The molecule has 13 heavy (non-hydrogen) atoms. The molecule has 68 valence electrons. The number of carbonyl (C=O) groups excluding carboxylic acids is 1. The lowest BCUT2D eigenvalue weighted by atomic mass is 10.2. The predicted octanol–water partition coefficient (Wildman–Crippen LogP) is 0.875. The van der Waals surface area contributed by atoms with Gasteiger partial charge in [-0.25, -0.2) is 9.59 Å². The van der Waals surface area contributed by atoms with E-state index < -0.39 is 12.0 Å². The van der Waals surface area contributed by atoms with Crippen LogP contribution in [0.2, 0.25) is 0 Å². The van der Waals surface area contributed by atoms with Crippen molar-refractivity contribution < 1.29 is 14.7 Å². The highest BCUT2D eigenvalue weighted by molar-refractivity contribution is 5.90. The van der Waals surface area contributed by atoms with E-state index in [2.05, 4.69) is 5.32 Å². The fraction of sp³-hybridized carbons (Fsp3) is 0. The molecule has 0 saturated carbocycles. The van der Waals surface area contributed by atoms with Gasteiger partial charge < -0.3 is 16.2 Å². The molecule has 5 nitrogen and oxygen atoms in total. The second kappa shape index (κ2) is 3.57. The molecule has 4 N–H and O–H groups in total. The van der Waals surface area contributed by atoms with Gasteiger partial charge in [-0.05, 0) is 24.3 Å². The maximum Gasteiger partial charge on any atom is 0.335 e. The van der Waals surface area contributed by atoms with Crippen LogP contribution in [0, 0.1) is 0 Å². The van der Waals surface area contributed by atoms with Crippen LogP contribution in [-0.2, 0) is 0 Å². The molecule has 0 atom stereocenters. The van der Waals surface area contributed by atoms with Crippen molar-refractivity contribution in [3.8, 4) is 0 Å². The van der Waals surface area contributed by atoms with Gasteiger partial charge in [-0.1, -0.05) is 0 Å². The largest absolute Gasteiger partial charge is 0.478 e. The number of rotatable bonds is 2. The first-order chi connectivity index (χ1) is 6.09. The summed E-state index contributed by atoms with van der Waals surface area (Å²) in [4.78, 5) is 20.8. The summed E-state index contributed by atoms with van der Waals surface area (Å²) in [5.74, 6) is -1.01. The molecule has 1 rings (SSSR count). The van der Waals surface area contributed by atoms with Gasteiger partial charge in [0.25, 0.3) is 0 Å². The zero-order chi connectivity index (χ0) is 9.84. The van der Waals surface area contributed by atoms with Crippen LogP contribution in [-0.4, -0.2) is 17.1 Å². The Morgan fingerprint density at radius 1 is 1.23 bits per heavy atom. The average molecular weight is 180 g/mol. The first-order valence-corrected chi connectivity index (χ1v) is 3.49. The number of carbonyl (C=O) groups is 2. The minimum atomic E-state index is -1.01. The number of hydrogen-bond acceptors (Lipinski definition) is 2. The maximum atomic E-state index is 10.4. The number of nitrogens with two attached hydrogens (primary N) is 1. The van der Waals surface area contributed by atoms with Gasteiger partial charge in [-0.3, -0.25) is 0 Å². The van der Waals surface area contributed by atoms with E-state index >= 15 is 0 Å². The van der Waals surface area contributed by atoms with Crippen LogP contribution in [0.1, 0.15) is 10.4 Å². The summed E-state index contributed by atoms with van der Waals surface area (Å²) >= 11 is 0. The molecular formula is C8H8N2O3. The molecule has 0 aliphatic carbocycles. The summed E-state index contributed by atoms with van der Waals surface area (Å²) in [6.45, 7) is 0. The van der Waals surface area contributed by atoms with Gasteiger partial charge in [-0.15, -0.1) is 0 Å². The number of aromatic carboxylic acids is 1. The van der Waals surface area contributed by atoms with Crippen molar-refractivity contribution in [3.05, 3.63) is 29.8 Å². The van der Waals surface area contributed by atoms with Gasteiger partial charge in [0.05, 0.1) is 5.56 Å². The minimum Gasteiger partial charge on any atom is -0.478 e. The molecule has 0 aromatic heterocycles. The molecule has 5 heteroatoms. The Balaban J connectivity index is 2.81. The molecule has 0 radical (unpaired) electrons. The fourth-order valence-corrected chi connectivity index (χ4v) is 0.838. The van der Waals surface area contributed by atoms with Gasteiger partial charge in [0.1, 0.15) is 0 Å². The maximum absolute atomic E-state index is 10.4. The summed E-state index contributed by atoms with van der Waals surface area (Å²) in [6, 6.07) is 5.02. The Morgan fingerprint density at radius 3 is 2.15 bits per heavy atom. The highest BCUT2D eigenvalue weighted by Crippen LogP contribution is 2.08. The third-order valence-corrected chi connectivity index (χ3v) is 1.40. The van der Waals surface area contributed by atoms with Crippen molar-refractivity contribution >= 4 is 17.7 Å². The standard InChI is InChI=1S/C8H8N2O3/c9-8(13)10-6-3-1-5(2-4-6)7(11)12/h1-4H,(H,11,12)(H3,9,10,13). The SMILES string of the molecule is NC(=O)Nc1ccc(C(=O)O)cc1. The number of anilines is 1. The molecule has 0 spiro atoms. The van der Waals surface area contributed by atoms with E-state index in [1.807, 2.05) is 0 Å². The molecular weight excluding hydrogens is 172 g/mol. The molecule has 0 aliphatic heterocycles. The van der Waals surface area contributed by atoms with Crippen molar-refractivity contribution in [3.63, 3.8) is 0 Å². The second-order valence-corrected chi connectivity index (χ2v) is 2.37. The van der Waals surface area contributed by atoms with Gasteiger partial charge in [0.15, 0.2) is 0 Å². The Hall–Kier alpha value is -2.04. The van der Waals surface area contributed by atoms with Gasteiger partial charge in [0.2, 0.25) is 0 Å². The first kappa shape index (κ1) is 9.05. The van der Waals surface area contributed by atoms with E-state index in [4.69, 9.17) is 10.8 Å².